The molecule has 0 spiro atoms. The maximum absolute atomic E-state index is 13.2. The first-order chi connectivity index (χ1) is 18.0. The number of anilines is 1. The zero-order valence-corrected chi connectivity index (χ0v) is 23.4. The van der Waals surface area contributed by atoms with Crippen LogP contribution in [-0.4, -0.2) is 70.8 Å². The highest BCUT2D eigenvalue weighted by atomic mass is 32.2. The molecule has 0 radical (unpaired) electrons. The molecule has 2 aliphatic heterocycles. The van der Waals surface area contributed by atoms with Crippen molar-refractivity contribution in [3.8, 4) is 0 Å². The summed E-state index contributed by atoms with van der Waals surface area (Å²) in [5.41, 5.74) is 6.28. The summed E-state index contributed by atoms with van der Waals surface area (Å²) in [4.78, 5) is 56.8. The van der Waals surface area contributed by atoms with E-state index in [0.717, 1.165) is 0 Å². The third-order valence-electron chi connectivity index (χ3n) is 5.48. The highest BCUT2D eigenvalue weighted by molar-refractivity contribution is 8.00. The summed E-state index contributed by atoms with van der Waals surface area (Å²) in [6.07, 6.45) is 3.87. The Morgan fingerprint density at radius 3 is 2.66 bits per heavy atom. The Morgan fingerprint density at radius 1 is 1.32 bits per heavy atom. The van der Waals surface area contributed by atoms with Crippen molar-refractivity contribution in [2.24, 2.45) is 5.41 Å². The Balaban J connectivity index is 1.75. The number of β-lactam (4-membered cyclic amide) rings is 1. The molecule has 1 aromatic heterocycles. The van der Waals surface area contributed by atoms with Crippen LogP contribution in [0, 0.1) is 5.41 Å². The molecule has 0 saturated carbocycles. The number of fused-ring (bicyclic) bond motifs is 1. The first-order valence-corrected chi connectivity index (χ1v) is 13.8. The van der Waals surface area contributed by atoms with E-state index in [4.69, 9.17) is 19.9 Å². The lowest BCUT2D eigenvalue weighted by atomic mass is 9.98. The van der Waals surface area contributed by atoms with Crippen LogP contribution in [0.4, 0.5) is 5.13 Å². The summed E-state index contributed by atoms with van der Waals surface area (Å²) in [5, 5.41) is 4.26. The first kappa shape index (κ1) is 29.4. The molecule has 0 bridgehead atoms. The molecule has 13 heteroatoms. The van der Waals surface area contributed by atoms with Crippen molar-refractivity contribution in [1.82, 2.24) is 15.2 Å². The van der Waals surface area contributed by atoms with Gasteiger partial charge in [-0.25, -0.2) is 9.78 Å². The lowest BCUT2D eigenvalue weighted by molar-refractivity contribution is -0.173. The number of thiazole rings is 1. The fraction of sp³-hybridized carbons (Fsp3) is 0.480. The van der Waals surface area contributed by atoms with Gasteiger partial charge in [0.15, 0.2) is 5.13 Å². The number of hydrogen-bond donors (Lipinski definition) is 2. The van der Waals surface area contributed by atoms with Crippen molar-refractivity contribution in [2.75, 3.05) is 31.5 Å². The topological polar surface area (TPSA) is 150 Å². The minimum Gasteiger partial charge on any atom is -0.427 e. The molecule has 0 aromatic carbocycles. The number of nitrogens with one attached hydrogen (secondary N) is 1. The van der Waals surface area contributed by atoms with E-state index in [-0.39, 0.29) is 18.9 Å². The SMILES string of the molecule is C=CCOCC1=C(C(=O)OCOC(=O)C(C)(C)C)N2C(=O)[C@@H](NC(=O)/C(=C/CC)c3csc(N)n3)[C@H]2SC1. The van der Waals surface area contributed by atoms with Crippen molar-refractivity contribution in [2.45, 2.75) is 45.5 Å². The van der Waals surface area contributed by atoms with Gasteiger partial charge in [0.2, 0.25) is 6.79 Å². The third kappa shape index (κ3) is 6.63. The number of amides is 2. The molecule has 2 amide bonds. The van der Waals surface area contributed by atoms with Crippen LogP contribution < -0.4 is 11.1 Å². The number of allylic oxidation sites excluding steroid dienone is 1. The van der Waals surface area contributed by atoms with Crippen LogP contribution in [0.1, 0.15) is 39.8 Å². The second kappa shape index (κ2) is 12.6. The highest BCUT2D eigenvalue weighted by Gasteiger charge is 2.54. The molecule has 1 fully saturated rings. The van der Waals surface area contributed by atoms with Crippen LogP contribution >= 0.6 is 23.1 Å². The first-order valence-electron chi connectivity index (χ1n) is 11.9. The van der Waals surface area contributed by atoms with Gasteiger partial charge in [0.25, 0.3) is 11.8 Å². The van der Waals surface area contributed by atoms with Crippen LogP contribution in [0.15, 0.2) is 35.4 Å². The summed E-state index contributed by atoms with van der Waals surface area (Å²) in [7, 11) is 0. The van der Waals surface area contributed by atoms with Gasteiger partial charge in [-0.1, -0.05) is 19.1 Å². The van der Waals surface area contributed by atoms with E-state index in [0.29, 0.717) is 34.1 Å². The van der Waals surface area contributed by atoms with Crippen LogP contribution in [-0.2, 0) is 33.4 Å². The van der Waals surface area contributed by atoms with E-state index in [9.17, 15) is 19.2 Å². The average molecular weight is 565 g/mol. The lowest BCUT2D eigenvalue weighted by Gasteiger charge is -2.49. The van der Waals surface area contributed by atoms with Crippen molar-refractivity contribution in [1.29, 1.82) is 0 Å². The van der Waals surface area contributed by atoms with Gasteiger partial charge >= 0.3 is 11.9 Å². The number of hydrogen-bond acceptors (Lipinski definition) is 11. The second-order valence-electron chi connectivity index (χ2n) is 9.45. The molecule has 2 atom stereocenters. The largest absolute Gasteiger partial charge is 0.427 e. The maximum atomic E-state index is 13.2. The molecule has 11 nitrogen and oxygen atoms in total. The Labute approximate surface area is 229 Å². The monoisotopic (exact) mass is 564 g/mol. The van der Waals surface area contributed by atoms with Gasteiger partial charge in [-0.05, 0) is 32.8 Å². The zero-order valence-electron chi connectivity index (χ0n) is 21.8. The predicted octanol–water partition coefficient (Wildman–Crippen LogP) is 2.47. The fourth-order valence-corrected chi connectivity index (χ4v) is 5.51. The minimum atomic E-state index is -0.860. The predicted molar refractivity (Wildman–Crippen MR) is 144 cm³/mol. The summed E-state index contributed by atoms with van der Waals surface area (Å²) in [5.74, 6) is -1.92. The number of carbonyl (C=O) groups is 4. The van der Waals surface area contributed by atoms with Crippen molar-refractivity contribution in [3.63, 3.8) is 0 Å². The summed E-state index contributed by atoms with van der Waals surface area (Å²) in [6, 6.07) is -0.860. The second-order valence-corrected chi connectivity index (χ2v) is 11.4. The zero-order chi connectivity index (χ0) is 28.0. The smallest absolute Gasteiger partial charge is 0.358 e. The number of nitrogens with two attached hydrogens (primary N) is 1. The van der Waals surface area contributed by atoms with Gasteiger partial charge in [0, 0.05) is 11.1 Å². The molecule has 3 rings (SSSR count). The fourth-order valence-electron chi connectivity index (χ4n) is 3.62. The van der Waals surface area contributed by atoms with Gasteiger partial charge in [-0.15, -0.1) is 29.7 Å². The summed E-state index contributed by atoms with van der Waals surface area (Å²) in [6.45, 7) is 10.3. The molecule has 3 heterocycles. The van der Waals surface area contributed by atoms with Crippen LogP contribution in [0.3, 0.4) is 0 Å². The summed E-state index contributed by atoms with van der Waals surface area (Å²) >= 11 is 2.61. The number of nitrogens with zero attached hydrogens (tertiary/aromatic N) is 2. The van der Waals surface area contributed by atoms with Crippen molar-refractivity contribution < 1.29 is 33.4 Å². The number of rotatable bonds is 11. The number of carbonyl (C=O) groups excluding carboxylic acids is 4. The van der Waals surface area contributed by atoms with Gasteiger partial charge < -0.3 is 25.3 Å². The standard InChI is InChI=1S/C25H32N4O7S2/c1-6-8-15(16-12-38-24(26)27-16)19(30)28-17-20(31)29-18(14(10-34-9-7-2)11-37-21(17)29)22(32)35-13-36-23(33)25(3,4)5/h7-8,12,17,21H,2,6,9-11,13H2,1,3-5H3,(H2,26,27)(H,28,30)/b15-8+/t17-,21-/m1/s1. The number of aromatic nitrogens is 1. The Bertz CT molecular complexity index is 1170. The van der Waals surface area contributed by atoms with Gasteiger partial charge in [-0.2, -0.15) is 0 Å². The lowest BCUT2D eigenvalue weighted by Crippen LogP contribution is -2.70. The molecule has 3 N–H and O–H groups in total. The summed E-state index contributed by atoms with van der Waals surface area (Å²) < 4.78 is 15.8. The molecule has 0 aliphatic carbocycles. The van der Waals surface area contributed by atoms with Crippen LogP contribution in [0.5, 0.6) is 0 Å². The van der Waals surface area contributed by atoms with Crippen molar-refractivity contribution in [3.05, 3.63) is 41.1 Å². The van der Waals surface area contributed by atoms with Crippen LogP contribution in [0.2, 0.25) is 0 Å². The van der Waals surface area contributed by atoms with Crippen molar-refractivity contribution >= 4 is 57.6 Å². The van der Waals surface area contributed by atoms with Crippen LogP contribution in [0.25, 0.3) is 5.57 Å². The molecular formula is C25H32N4O7S2. The highest BCUT2D eigenvalue weighted by Crippen LogP contribution is 2.41. The van der Waals surface area contributed by atoms with Gasteiger partial charge in [0.05, 0.1) is 29.9 Å². The average Bonchev–Trinajstić information content (AvgIpc) is 3.30. The maximum Gasteiger partial charge on any atom is 0.358 e. The minimum absolute atomic E-state index is 0.0247. The molecular weight excluding hydrogens is 532 g/mol. The van der Waals surface area contributed by atoms with E-state index in [1.165, 1.54) is 28.0 Å². The Kier molecular flexibility index (Phi) is 9.74. The molecule has 206 valence electrons. The number of ether oxygens (including phenoxy) is 3. The normalized spacial score (nSPS) is 19.4. The third-order valence-corrected chi connectivity index (χ3v) is 7.50. The molecule has 1 saturated heterocycles. The Hall–Kier alpha value is -3.16. The molecule has 2 aliphatic rings. The Morgan fingerprint density at radius 2 is 2.05 bits per heavy atom. The van der Waals surface area contributed by atoms with E-state index >= 15 is 0 Å². The van der Waals surface area contributed by atoms with Gasteiger partial charge in [-0.3, -0.25) is 19.3 Å². The van der Waals surface area contributed by atoms with E-state index < -0.39 is 47.4 Å². The number of nitrogen functional groups attached to an aromatic ring is 1. The number of esters is 2. The molecule has 1 aromatic rings. The van der Waals surface area contributed by atoms with E-state index in [2.05, 4.69) is 16.9 Å². The quantitative estimate of drug-likeness (QED) is 0.102. The number of thioether (sulfide) groups is 1. The van der Waals surface area contributed by atoms with E-state index in [1.54, 1.807) is 38.3 Å². The molecule has 0 unspecified atom stereocenters. The molecule has 38 heavy (non-hydrogen) atoms. The van der Waals surface area contributed by atoms with E-state index in [1.807, 2.05) is 6.92 Å². The van der Waals surface area contributed by atoms with Gasteiger partial charge in [0.1, 0.15) is 17.1 Å².